The predicted molar refractivity (Wildman–Crippen MR) is 162 cm³/mol. The Bertz CT molecular complexity index is 1480. The smallest absolute Gasteiger partial charge is 0.407 e. The highest BCUT2D eigenvalue weighted by Gasteiger charge is 2.74. The first-order valence-electron chi connectivity index (χ1n) is 15.1. The molecule has 43 heavy (non-hydrogen) atoms. The van der Waals surface area contributed by atoms with Gasteiger partial charge < -0.3 is 19.5 Å². The number of rotatable bonds is 9. The molecule has 2 atom stereocenters. The Morgan fingerprint density at radius 2 is 1.42 bits per heavy atom. The summed E-state index contributed by atoms with van der Waals surface area (Å²) >= 11 is 0. The maximum atomic E-state index is 13.4. The highest BCUT2D eigenvalue weighted by molar-refractivity contribution is 5.85. The molecule has 3 saturated carbocycles. The third-order valence-corrected chi connectivity index (χ3v) is 9.28. The molecule has 2 unspecified atom stereocenters. The van der Waals surface area contributed by atoms with Crippen LogP contribution in [0.5, 0.6) is 0 Å². The number of carbonyl (C=O) groups is 3. The van der Waals surface area contributed by atoms with Crippen molar-refractivity contribution in [1.29, 1.82) is 0 Å². The number of benzene rings is 3. The van der Waals surface area contributed by atoms with Gasteiger partial charge in [-0.05, 0) is 80.2 Å². The van der Waals surface area contributed by atoms with Crippen molar-refractivity contribution in [2.75, 3.05) is 6.61 Å². The van der Waals surface area contributed by atoms with Crippen LogP contribution in [0.4, 0.5) is 4.79 Å². The van der Waals surface area contributed by atoms with E-state index in [4.69, 9.17) is 14.2 Å². The molecule has 1 amide bonds. The standard InChI is InChI=1S/C36H39NO6/c1-23(37-33(40)41-19-29-27-16-10-8-14-25(27)26-15-9-11-17-28(26)29)35-20-36(21-35,22-35)32(39)42-30(31(38)43-34(2,3)4)18-24-12-6-5-7-13-24/h5-17,23,29-30H,18-22H2,1-4H3,(H,37,40). The van der Waals surface area contributed by atoms with Gasteiger partial charge in [-0.1, -0.05) is 78.9 Å². The van der Waals surface area contributed by atoms with Crippen molar-refractivity contribution in [1.82, 2.24) is 5.32 Å². The van der Waals surface area contributed by atoms with Crippen LogP contribution in [0.15, 0.2) is 78.9 Å². The third-order valence-electron chi connectivity index (χ3n) is 9.28. The Hall–Kier alpha value is -4.13. The van der Waals surface area contributed by atoms with E-state index < -0.39 is 29.2 Å². The third kappa shape index (κ3) is 5.53. The molecule has 7 heteroatoms. The summed E-state index contributed by atoms with van der Waals surface area (Å²) in [5.74, 6) is -0.916. The molecule has 7 rings (SSSR count). The predicted octanol–water partition coefficient (Wildman–Crippen LogP) is 6.58. The molecule has 0 heterocycles. The zero-order chi connectivity index (χ0) is 30.4. The van der Waals surface area contributed by atoms with Gasteiger partial charge in [-0.25, -0.2) is 9.59 Å². The van der Waals surface area contributed by atoms with Gasteiger partial charge in [0.1, 0.15) is 12.2 Å². The van der Waals surface area contributed by atoms with Crippen molar-refractivity contribution in [2.45, 2.75) is 77.0 Å². The number of nitrogens with one attached hydrogen (secondary N) is 1. The van der Waals surface area contributed by atoms with E-state index in [1.54, 1.807) is 20.8 Å². The first kappa shape index (κ1) is 29.0. The SMILES string of the molecule is CC(NC(=O)OCC1c2ccccc2-c2ccccc21)C12CC(C(=O)OC(Cc3ccccc3)C(=O)OC(C)(C)C)(C1)C2. The van der Waals surface area contributed by atoms with Crippen LogP contribution in [0.3, 0.4) is 0 Å². The molecule has 4 aliphatic rings. The Morgan fingerprint density at radius 3 is 2.00 bits per heavy atom. The van der Waals surface area contributed by atoms with Gasteiger partial charge >= 0.3 is 18.0 Å². The van der Waals surface area contributed by atoms with E-state index in [1.165, 1.54) is 22.3 Å². The zero-order valence-corrected chi connectivity index (χ0v) is 25.2. The van der Waals surface area contributed by atoms with E-state index in [-0.39, 0.29) is 36.4 Å². The molecular weight excluding hydrogens is 542 g/mol. The van der Waals surface area contributed by atoms with Crippen LogP contribution in [0.1, 0.15) is 69.6 Å². The molecule has 3 aromatic carbocycles. The van der Waals surface area contributed by atoms with Gasteiger partial charge in [0.25, 0.3) is 0 Å². The first-order valence-corrected chi connectivity index (χ1v) is 15.1. The number of alkyl carbamates (subject to hydrolysis) is 1. The summed E-state index contributed by atoms with van der Waals surface area (Å²) in [6.07, 6.45) is 0.601. The van der Waals surface area contributed by atoms with E-state index in [2.05, 4.69) is 29.6 Å². The van der Waals surface area contributed by atoms with Crippen molar-refractivity contribution in [3.63, 3.8) is 0 Å². The molecule has 2 bridgehead atoms. The van der Waals surface area contributed by atoms with Crippen LogP contribution in [0, 0.1) is 10.8 Å². The summed E-state index contributed by atoms with van der Waals surface area (Å²) < 4.78 is 17.2. The Morgan fingerprint density at radius 1 is 0.860 bits per heavy atom. The summed E-state index contributed by atoms with van der Waals surface area (Å²) in [7, 11) is 0. The molecule has 0 aromatic heterocycles. The Labute approximate surface area is 252 Å². The number of fused-ring (bicyclic) bond motifs is 3. The topological polar surface area (TPSA) is 90.9 Å². The fourth-order valence-electron chi connectivity index (χ4n) is 7.14. The van der Waals surface area contributed by atoms with E-state index in [0.717, 1.165) is 5.56 Å². The maximum absolute atomic E-state index is 13.4. The molecular formula is C36H39NO6. The molecule has 0 spiro atoms. The van der Waals surface area contributed by atoms with Crippen LogP contribution in [-0.2, 0) is 30.2 Å². The van der Waals surface area contributed by atoms with Gasteiger partial charge in [0.2, 0.25) is 6.10 Å². The summed E-state index contributed by atoms with van der Waals surface area (Å²) in [5.41, 5.74) is 4.11. The number of amides is 1. The number of carbonyl (C=O) groups excluding carboxylic acids is 3. The molecule has 7 nitrogen and oxygen atoms in total. The zero-order valence-electron chi connectivity index (χ0n) is 25.2. The van der Waals surface area contributed by atoms with E-state index in [1.807, 2.05) is 61.5 Å². The van der Waals surface area contributed by atoms with Crippen molar-refractivity contribution in [3.8, 4) is 11.1 Å². The quantitative estimate of drug-likeness (QED) is 0.227. The van der Waals surface area contributed by atoms with E-state index in [0.29, 0.717) is 19.3 Å². The molecule has 0 aliphatic heterocycles. The highest BCUT2D eigenvalue weighted by atomic mass is 16.6. The number of ether oxygens (including phenoxy) is 3. The average Bonchev–Trinajstić information content (AvgIpc) is 3.23. The lowest BCUT2D eigenvalue weighted by Crippen LogP contribution is -2.72. The second kappa shape index (κ2) is 10.9. The lowest BCUT2D eigenvalue weighted by Gasteiger charge is -2.70. The normalized spacial score (nSPS) is 23.0. The van der Waals surface area contributed by atoms with Crippen molar-refractivity contribution in [2.24, 2.45) is 10.8 Å². The van der Waals surface area contributed by atoms with E-state index >= 15 is 0 Å². The van der Waals surface area contributed by atoms with Gasteiger partial charge in [0.15, 0.2) is 0 Å². The van der Waals surface area contributed by atoms with Gasteiger partial charge in [0, 0.05) is 18.4 Å². The van der Waals surface area contributed by atoms with Crippen molar-refractivity contribution < 1.29 is 28.6 Å². The number of hydrogen-bond acceptors (Lipinski definition) is 6. The number of esters is 2. The molecule has 224 valence electrons. The summed E-state index contributed by atoms with van der Waals surface area (Å²) in [4.78, 5) is 39.2. The van der Waals surface area contributed by atoms with Gasteiger partial charge in [-0.15, -0.1) is 0 Å². The van der Waals surface area contributed by atoms with Crippen LogP contribution < -0.4 is 5.32 Å². The fourth-order valence-corrected chi connectivity index (χ4v) is 7.14. The van der Waals surface area contributed by atoms with Gasteiger partial charge in [-0.3, -0.25) is 4.79 Å². The Balaban J connectivity index is 1.03. The van der Waals surface area contributed by atoms with Crippen LogP contribution in [0.2, 0.25) is 0 Å². The minimum atomic E-state index is -1.02. The summed E-state index contributed by atoms with van der Waals surface area (Å²) in [6.45, 7) is 7.60. The summed E-state index contributed by atoms with van der Waals surface area (Å²) in [5, 5.41) is 3.02. The lowest BCUT2D eigenvalue weighted by atomic mass is 9.33. The monoisotopic (exact) mass is 581 g/mol. The lowest BCUT2D eigenvalue weighted by molar-refractivity contribution is -0.240. The van der Waals surface area contributed by atoms with Crippen LogP contribution in [0.25, 0.3) is 11.1 Å². The van der Waals surface area contributed by atoms with Crippen LogP contribution in [-0.4, -0.2) is 42.4 Å². The Kier molecular flexibility index (Phi) is 7.31. The average molecular weight is 582 g/mol. The fraction of sp³-hybridized carbons (Fsp3) is 0.417. The largest absolute Gasteiger partial charge is 0.457 e. The molecule has 3 fully saturated rings. The molecule has 1 N–H and O–H groups in total. The van der Waals surface area contributed by atoms with Gasteiger partial charge in [-0.2, -0.15) is 0 Å². The van der Waals surface area contributed by atoms with Crippen LogP contribution >= 0.6 is 0 Å². The second-order valence-electron chi connectivity index (χ2n) is 13.5. The summed E-state index contributed by atoms with van der Waals surface area (Å²) in [6, 6.07) is 25.8. The molecule has 0 radical (unpaired) electrons. The van der Waals surface area contributed by atoms with Gasteiger partial charge in [0.05, 0.1) is 5.41 Å². The highest BCUT2D eigenvalue weighted by Crippen LogP contribution is 2.75. The maximum Gasteiger partial charge on any atom is 0.407 e. The molecule has 3 aromatic rings. The molecule has 0 saturated heterocycles. The van der Waals surface area contributed by atoms with Crippen molar-refractivity contribution >= 4 is 18.0 Å². The second-order valence-corrected chi connectivity index (χ2v) is 13.5. The first-order chi connectivity index (χ1) is 20.5. The number of hydrogen-bond donors (Lipinski definition) is 1. The minimum absolute atomic E-state index is 0.00440. The van der Waals surface area contributed by atoms with E-state index in [9.17, 15) is 14.4 Å². The molecule has 4 aliphatic carbocycles. The van der Waals surface area contributed by atoms with Crippen molar-refractivity contribution in [3.05, 3.63) is 95.6 Å². The minimum Gasteiger partial charge on any atom is -0.457 e.